The third-order valence-electron chi connectivity index (χ3n) is 2.46. The zero-order chi connectivity index (χ0) is 14.2. The van der Waals surface area contributed by atoms with Gasteiger partial charge >= 0.3 is 6.03 Å². The molecule has 2 amide bonds. The molecule has 1 aromatic carbocycles. The number of carbonyl (C=O) groups excluding carboxylic acids is 1. The van der Waals surface area contributed by atoms with E-state index in [4.69, 9.17) is 4.74 Å². The zero-order valence-corrected chi connectivity index (χ0v) is 11.9. The van der Waals surface area contributed by atoms with Gasteiger partial charge in [0.2, 0.25) is 0 Å². The fourth-order valence-corrected chi connectivity index (χ4v) is 2.18. The number of hydrogen-bond donors (Lipinski definition) is 2. The van der Waals surface area contributed by atoms with Gasteiger partial charge in [0.05, 0.1) is 6.61 Å². The summed E-state index contributed by atoms with van der Waals surface area (Å²) in [5.41, 5.74) is 1.78. The van der Waals surface area contributed by atoms with Crippen LogP contribution in [0, 0.1) is 0 Å². The van der Waals surface area contributed by atoms with Gasteiger partial charge in [0.15, 0.2) is 0 Å². The van der Waals surface area contributed by atoms with Gasteiger partial charge in [-0.05, 0) is 59.7 Å². The van der Waals surface area contributed by atoms with E-state index in [0.29, 0.717) is 6.61 Å². The van der Waals surface area contributed by atoms with Gasteiger partial charge in [0.1, 0.15) is 5.75 Å². The standard InChI is InChI=1S/C15H16N2O2S/c1-2-19-14-5-3-13(4-6-14)17-15(18)16-9-7-12-8-10-20-11-12/h3-11H,2H2,1H3,(H2,16,17,18). The summed E-state index contributed by atoms with van der Waals surface area (Å²) in [5.74, 6) is 0.788. The molecule has 104 valence electrons. The number of nitrogens with one attached hydrogen (secondary N) is 2. The van der Waals surface area contributed by atoms with Crippen molar-refractivity contribution in [2.45, 2.75) is 6.92 Å². The van der Waals surface area contributed by atoms with Gasteiger partial charge in [0, 0.05) is 11.9 Å². The van der Waals surface area contributed by atoms with E-state index in [1.807, 2.05) is 42.0 Å². The molecule has 1 heterocycles. The van der Waals surface area contributed by atoms with E-state index < -0.39 is 0 Å². The van der Waals surface area contributed by atoms with Gasteiger partial charge in [0.25, 0.3) is 0 Å². The molecule has 0 spiro atoms. The highest BCUT2D eigenvalue weighted by atomic mass is 32.1. The van der Waals surface area contributed by atoms with Crippen LogP contribution in [0.3, 0.4) is 0 Å². The van der Waals surface area contributed by atoms with Crippen molar-refractivity contribution in [3.8, 4) is 5.75 Å². The quantitative estimate of drug-likeness (QED) is 0.875. The largest absolute Gasteiger partial charge is 0.494 e. The maximum atomic E-state index is 11.6. The molecular weight excluding hydrogens is 272 g/mol. The Labute approximate surface area is 122 Å². The van der Waals surface area contributed by atoms with Gasteiger partial charge in [-0.25, -0.2) is 4.79 Å². The van der Waals surface area contributed by atoms with E-state index in [-0.39, 0.29) is 6.03 Å². The summed E-state index contributed by atoms with van der Waals surface area (Å²) in [6.07, 6.45) is 3.46. The molecule has 0 saturated carbocycles. The molecule has 5 heteroatoms. The second-order valence-corrected chi connectivity index (χ2v) is 4.73. The minimum atomic E-state index is -0.277. The van der Waals surface area contributed by atoms with E-state index in [9.17, 15) is 4.79 Å². The number of carbonyl (C=O) groups is 1. The molecule has 0 saturated heterocycles. The second-order valence-electron chi connectivity index (χ2n) is 3.95. The maximum absolute atomic E-state index is 11.6. The average molecular weight is 288 g/mol. The van der Waals surface area contributed by atoms with Crippen molar-refractivity contribution in [3.05, 3.63) is 52.9 Å². The van der Waals surface area contributed by atoms with Crippen LogP contribution in [0.5, 0.6) is 5.75 Å². The third-order valence-corrected chi connectivity index (χ3v) is 3.16. The number of anilines is 1. The molecule has 0 aliphatic rings. The van der Waals surface area contributed by atoms with Crippen LogP contribution in [-0.4, -0.2) is 12.6 Å². The highest BCUT2D eigenvalue weighted by Crippen LogP contribution is 2.15. The Bertz CT molecular complexity index is 562. The lowest BCUT2D eigenvalue weighted by molar-refractivity contribution is 0.255. The van der Waals surface area contributed by atoms with Gasteiger partial charge in [-0.2, -0.15) is 11.3 Å². The Balaban J connectivity index is 1.82. The van der Waals surface area contributed by atoms with E-state index in [1.165, 1.54) is 0 Å². The Hall–Kier alpha value is -2.27. The molecule has 2 rings (SSSR count). The smallest absolute Gasteiger partial charge is 0.323 e. The van der Waals surface area contributed by atoms with Crippen LogP contribution in [0.25, 0.3) is 6.08 Å². The van der Waals surface area contributed by atoms with E-state index in [1.54, 1.807) is 29.7 Å². The topological polar surface area (TPSA) is 50.4 Å². The van der Waals surface area contributed by atoms with E-state index in [0.717, 1.165) is 17.0 Å². The summed E-state index contributed by atoms with van der Waals surface area (Å²) in [5, 5.41) is 9.38. The van der Waals surface area contributed by atoms with Gasteiger partial charge in [-0.3, -0.25) is 0 Å². The first kappa shape index (κ1) is 14.1. The predicted molar refractivity (Wildman–Crippen MR) is 83.1 cm³/mol. The molecule has 0 atom stereocenters. The average Bonchev–Trinajstić information content (AvgIpc) is 2.94. The molecule has 0 unspecified atom stereocenters. The van der Waals surface area contributed by atoms with Crippen LogP contribution >= 0.6 is 11.3 Å². The molecule has 2 N–H and O–H groups in total. The fourth-order valence-electron chi connectivity index (χ4n) is 1.55. The first-order valence-electron chi connectivity index (χ1n) is 6.27. The molecule has 0 bridgehead atoms. The van der Waals surface area contributed by atoms with Crippen LogP contribution in [0.1, 0.15) is 12.5 Å². The second kappa shape index (κ2) is 7.35. The van der Waals surface area contributed by atoms with Crippen molar-refractivity contribution in [2.24, 2.45) is 0 Å². The molecule has 20 heavy (non-hydrogen) atoms. The fraction of sp³-hybridized carbons (Fsp3) is 0.133. The summed E-state index contributed by atoms with van der Waals surface area (Å²) < 4.78 is 5.33. The zero-order valence-electron chi connectivity index (χ0n) is 11.1. The lowest BCUT2D eigenvalue weighted by atomic mass is 10.3. The summed E-state index contributed by atoms with van der Waals surface area (Å²) in [6.45, 7) is 2.56. The minimum absolute atomic E-state index is 0.277. The van der Waals surface area contributed by atoms with Crippen molar-refractivity contribution in [1.29, 1.82) is 0 Å². The number of benzene rings is 1. The maximum Gasteiger partial charge on any atom is 0.323 e. The lowest BCUT2D eigenvalue weighted by Gasteiger charge is -2.06. The number of hydrogen-bond acceptors (Lipinski definition) is 3. The van der Waals surface area contributed by atoms with Gasteiger partial charge < -0.3 is 15.4 Å². The molecule has 0 fully saturated rings. The summed E-state index contributed by atoms with van der Waals surface area (Å²) >= 11 is 1.61. The Morgan fingerprint density at radius 1 is 1.30 bits per heavy atom. The summed E-state index contributed by atoms with van der Waals surface area (Å²) in [6, 6.07) is 8.94. The van der Waals surface area contributed by atoms with Crippen LogP contribution in [-0.2, 0) is 0 Å². The number of amides is 2. The first-order valence-corrected chi connectivity index (χ1v) is 7.21. The molecule has 4 nitrogen and oxygen atoms in total. The van der Waals surface area contributed by atoms with Crippen molar-refractivity contribution >= 4 is 29.1 Å². The normalized spacial score (nSPS) is 10.4. The van der Waals surface area contributed by atoms with E-state index in [2.05, 4.69) is 10.6 Å². The van der Waals surface area contributed by atoms with Gasteiger partial charge in [-0.15, -0.1) is 0 Å². The van der Waals surface area contributed by atoms with Crippen molar-refractivity contribution < 1.29 is 9.53 Å². The molecular formula is C15H16N2O2S. The van der Waals surface area contributed by atoms with Crippen LogP contribution < -0.4 is 15.4 Å². The predicted octanol–water partition coefficient (Wildman–Crippen LogP) is 3.94. The van der Waals surface area contributed by atoms with Crippen LogP contribution in [0.4, 0.5) is 10.5 Å². The monoisotopic (exact) mass is 288 g/mol. The Morgan fingerprint density at radius 2 is 2.10 bits per heavy atom. The molecule has 2 aromatic rings. The van der Waals surface area contributed by atoms with Crippen molar-refractivity contribution in [3.63, 3.8) is 0 Å². The van der Waals surface area contributed by atoms with Crippen LogP contribution in [0.15, 0.2) is 47.3 Å². The summed E-state index contributed by atoms with van der Waals surface area (Å²) in [4.78, 5) is 11.6. The van der Waals surface area contributed by atoms with Crippen molar-refractivity contribution in [2.75, 3.05) is 11.9 Å². The molecule has 0 aliphatic heterocycles. The number of rotatable bonds is 5. The highest BCUT2D eigenvalue weighted by Gasteiger charge is 1.99. The third kappa shape index (κ3) is 4.44. The summed E-state index contributed by atoms with van der Waals surface area (Å²) in [7, 11) is 0. The first-order chi connectivity index (χ1) is 9.78. The highest BCUT2D eigenvalue weighted by molar-refractivity contribution is 7.08. The SMILES string of the molecule is CCOc1ccc(NC(=O)NC=Cc2ccsc2)cc1. The minimum Gasteiger partial charge on any atom is -0.494 e. The van der Waals surface area contributed by atoms with E-state index >= 15 is 0 Å². The molecule has 0 radical (unpaired) electrons. The number of urea groups is 1. The van der Waals surface area contributed by atoms with Gasteiger partial charge in [-0.1, -0.05) is 0 Å². The number of ether oxygens (including phenoxy) is 1. The molecule has 0 aliphatic carbocycles. The lowest BCUT2D eigenvalue weighted by Crippen LogP contribution is -2.23. The number of thiophene rings is 1. The Kier molecular flexibility index (Phi) is 5.20. The van der Waals surface area contributed by atoms with Crippen molar-refractivity contribution in [1.82, 2.24) is 5.32 Å². The molecule has 1 aromatic heterocycles. The Morgan fingerprint density at radius 3 is 2.75 bits per heavy atom. The van der Waals surface area contributed by atoms with Crippen LogP contribution in [0.2, 0.25) is 0 Å².